The summed E-state index contributed by atoms with van der Waals surface area (Å²) in [5.74, 6) is 0.870. The molecule has 0 fully saturated rings. The van der Waals surface area contributed by atoms with Crippen LogP contribution < -0.4 is 5.32 Å². The van der Waals surface area contributed by atoms with E-state index in [-0.39, 0.29) is 0 Å². The Kier molecular flexibility index (Phi) is 3.10. The molecule has 3 rings (SSSR count). The van der Waals surface area contributed by atoms with Crippen LogP contribution in [0.1, 0.15) is 4.88 Å². The van der Waals surface area contributed by atoms with Gasteiger partial charge < -0.3 is 5.32 Å². The second kappa shape index (κ2) is 5.06. The summed E-state index contributed by atoms with van der Waals surface area (Å²) < 4.78 is 2.05. The lowest BCUT2D eigenvalue weighted by atomic mass is 10.3. The van der Waals surface area contributed by atoms with Gasteiger partial charge in [0.05, 0.1) is 6.54 Å². The molecule has 90 valence electrons. The van der Waals surface area contributed by atoms with Gasteiger partial charge in [-0.15, -0.1) is 11.3 Å². The van der Waals surface area contributed by atoms with Crippen LogP contribution in [0.15, 0.2) is 60.2 Å². The first-order chi connectivity index (χ1) is 8.93. The number of imidazole rings is 1. The van der Waals surface area contributed by atoms with Gasteiger partial charge in [0.1, 0.15) is 0 Å². The molecule has 0 radical (unpaired) electrons. The molecular weight excluding hydrogens is 242 g/mol. The summed E-state index contributed by atoms with van der Waals surface area (Å²) in [6.07, 6.45) is 3.77. The molecule has 0 saturated carbocycles. The van der Waals surface area contributed by atoms with Crippen LogP contribution in [0.3, 0.4) is 0 Å². The van der Waals surface area contributed by atoms with E-state index >= 15 is 0 Å². The maximum atomic E-state index is 4.35. The zero-order valence-electron chi connectivity index (χ0n) is 9.78. The Bertz CT molecular complexity index is 599. The first kappa shape index (κ1) is 11.0. The molecule has 0 aliphatic rings. The summed E-state index contributed by atoms with van der Waals surface area (Å²) >= 11 is 1.75. The van der Waals surface area contributed by atoms with Crippen LogP contribution in [-0.4, -0.2) is 9.55 Å². The monoisotopic (exact) mass is 255 g/mol. The van der Waals surface area contributed by atoms with Crippen molar-refractivity contribution in [1.82, 2.24) is 9.55 Å². The molecule has 0 aliphatic heterocycles. The lowest BCUT2D eigenvalue weighted by molar-refractivity contribution is 1.01. The molecule has 0 atom stereocenters. The Morgan fingerprint density at radius 1 is 1.11 bits per heavy atom. The summed E-state index contributed by atoms with van der Waals surface area (Å²) in [5, 5.41) is 5.44. The van der Waals surface area contributed by atoms with E-state index in [1.807, 2.05) is 35.2 Å². The second-order valence-corrected chi connectivity index (χ2v) is 4.92. The van der Waals surface area contributed by atoms with E-state index < -0.39 is 0 Å². The minimum Gasteiger partial charge on any atom is -0.350 e. The number of thiophene rings is 1. The van der Waals surface area contributed by atoms with E-state index in [0.29, 0.717) is 0 Å². The highest BCUT2D eigenvalue weighted by atomic mass is 32.1. The summed E-state index contributed by atoms with van der Waals surface area (Å²) in [4.78, 5) is 5.65. The number of hydrogen-bond donors (Lipinski definition) is 1. The topological polar surface area (TPSA) is 29.9 Å². The molecule has 0 bridgehead atoms. The van der Waals surface area contributed by atoms with Crippen molar-refractivity contribution < 1.29 is 0 Å². The van der Waals surface area contributed by atoms with Crippen LogP contribution in [0.5, 0.6) is 0 Å². The van der Waals surface area contributed by atoms with E-state index in [4.69, 9.17) is 0 Å². The average Bonchev–Trinajstić information content (AvgIpc) is 3.09. The average molecular weight is 255 g/mol. The summed E-state index contributed by atoms with van der Waals surface area (Å²) in [6, 6.07) is 14.4. The quantitative estimate of drug-likeness (QED) is 0.772. The number of aromatic nitrogens is 2. The molecule has 2 heterocycles. The third kappa shape index (κ3) is 2.28. The van der Waals surface area contributed by atoms with Gasteiger partial charge in [0.2, 0.25) is 5.95 Å². The van der Waals surface area contributed by atoms with Crippen molar-refractivity contribution >= 4 is 17.3 Å². The smallest absolute Gasteiger partial charge is 0.207 e. The van der Waals surface area contributed by atoms with Crippen molar-refractivity contribution in [3.05, 3.63) is 65.1 Å². The fourth-order valence-electron chi connectivity index (χ4n) is 1.81. The molecule has 1 N–H and O–H groups in total. The molecule has 0 amide bonds. The zero-order chi connectivity index (χ0) is 12.2. The van der Waals surface area contributed by atoms with Crippen molar-refractivity contribution in [2.45, 2.75) is 6.54 Å². The Morgan fingerprint density at radius 2 is 2.00 bits per heavy atom. The number of nitrogens with zero attached hydrogens (tertiary/aromatic N) is 2. The van der Waals surface area contributed by atoms with Gasteiger partial charge in [0.25, 0.3) is 0 Å². The van der Waals surface area contributed by atoms with Crippen LogP contribution in [0.2, 0.25) is 0 Å². The molecule has 0 saturated heterocycles. The second-order valence-electron chi connectivity index (χ2n) is 3.89. The van der Waals surface area contributed by atoms with Crippen LogP contribution in [0.25, 0.3) is 5.69 Å². The van der Waals surface area contributed by atoms with Gasteiger partial charge in [0, 0.05) is 23.0 Å². The molecule has 0 spiro atoms. The first-order valence-electron chi connectivity index (χ1n) is 5.78. The number of anilines is 1. The Hall–Kier alpha value is -2.07. The third-order valence-corrected chi connectivity index (χ3v) is 3.55. The van der Waals surface area contributed by atoms with Crippen LogP contribution in [0, 0.1) is 0 Å². The fourth-order valence-corrected chi connectivity index (χ4v) is 2.46. The molecule has 1 aromatic carbocycles. The molecule has 4 heteroatoms. The lowest BCUT2D eigenvalue weighted by Crippen LogP contribution is -2.04. The Balaban J connectivity index is 1.80. The minimum atomic E-state index is 0.807. The van der Waals surface area contributed by atoms with E-state index in [1.54, 1.807) is 11.3 Å². The van der Waals surface area contributed by atoms with Crippen LogP contribution >= 0.6 is 11.3 Å². The van der Waals surface area contributed by atoms with E-state index in [0.717, 1.165) is 18.2 Å². The number of para-hydroxylation sites is 1. The maximum Gasteiger partial charge on any atom is 0.207 e. The highest BCUT2D eigenvalue weighted by molar-refractivity contribution is 7.09. The van der Waals surface area contributed by atoms with Crippen molar-refractivity contribution in [3.8, 4) is 5.69 Å². The number of hydrogen-bond acceptors (Lipinski definition) is 3. The van der Waals surface area contributed by atoms with E-state index in [1.165, 1.54) is 4.88 Å². The van der Waals surface area contributed by atoms with Crippen LogP contribution in [-0.2, 0) is 6.54 Å². The number of rotatable bonds is 4. The molecule has 0 unspecified atom stereocenters. The first-order valence-corrected chi connectivity index (χ1v) is 6.66. The van der Waals surface area contributed by atoms with Gasteiger partial charge in [-0.1, -0.05) is 24.3 Å². The van der Waals surface area contributed by atoms with Crippen molar-refractivity contribution in [3.63, 3.8) is 0 Å². The van der Waals surface area contributed by atoms with Crippen molar-refractivity contribution in [2.75, 3.05) is 5.32 Å². The molecule has 0 aliphatic carbocycles. The SMILES string of the molecule is c1ccc(-n2ccnc2NCc2cccs2)cc1. The largest absolute Gasteiger partial charge is 0.350 e. The zero-order valence-corrected chi connectivity index (χ0v) is 10.6. The van der Waals surface area contributed by atoms with Gasteiger partial charge in [-0.05, 0) is 23.6 Å². The predicted molar refractivity (Wildman–Crippen MR) is 75.2 cm³/mol. The molecule has 2 aromatic heterocycles. The van der Waals surface area contributed by atoms with Gasteiger partial charge in [-0.25, -0.2) is 4.98 Å². The Labute approximate surface area is 110 Å². The molecular formula is C14H13N3S. The molecule has 18 heavy (non-hydrogen) atoms. The number of benzene rings is 1. The van der Waals surface area contributed by atoms with Gasteiger partial charge in [-0.2, -0.15) is 0 Å². The van der Waals surface area contributed by atoms with Crippen LogP contribution in [0.4, 0.5) is 5.95 Å². The summed E-state index contributed by atoms with van der Waals surface area (Å²) in [7, 11) is 0. The normalized spacial score (nSPS) is 10.4. The predicted octanol–water partition coefficient (Wildman–Crippen LogP) is 3.55. The van der Waals surface area contributed by atoms with Crippen molar-refractivity contribution in [1.29, 1.82) is 0 Å². The van der Waals surface area contributed by atoms with Gasteiger partial charge in [0.15, 0.2) is 0 Å². The van der Waals surface area contributed by atoms with Gasteiger partial charge >= 0.3 is 0 Å². The Morgan fingerprint density at radius 3 is 2.78 bits per heavy atom. The summed E-state index contributed by atoms with van der Waals surface area (Å²) in [6.45, 7) is 0.807. The lowest BCUT2D eigenvalue weighted by Gasteiger charge is -2.08. The van der Waals surface area contributed by atoms with Crippen molar-refractivity contribution in [2.24, 2.45) is 0 Å². The highest BCUT2D eigenvalue weighted by Crippen LogP contribution is 2.16. The van der Waals surface area contributed by atoms with Gasteiger partial charge in [-0.3, -0.25) is 4.57 Å². The minimum absolute atomic E-state index is 0.807. The van der Waals surface area contributed by atoms with E-state index in [9.17, 15) is 0 Å². The maximum absolute atomic E-state index is 4.35. The number of nitrogens with one attached hydrogen (secondary N) is 1. The third-order valence-electron chi connectivity index (χ3n) is 2.68. The molecule has 3 aromatic rings. The molecule has 3 nitrogen and oxygen atoms in total. The standard InChI is InChI=1S/C14H13N3S/c1-2-5-12(6-3-1)17-9-8-15-14(17)16-11-13-7-4-10-18-13/h1-10H,11H2,(H,15,16). The van der Waals surface area contributed by atoms with E-state index in [2.05, 4.69) is 39.9 Å². The highest BCUT2D eigenvalue weighted by Gasteiger charge is 2.04. The summed E-state index contributed by atoms with van der Waals surface area (Å²) in [5.41, 5.74) is 1.11. The fraction of sp³-hybridized carbons (Fsp3) is 0.0714.